The number of rotatable bonds is 4. The lowest BCUT2D eigenvalue weighted by Crippen LogP contribution is -2.42. The Bertz CT molecular complexity index is 1020. The Morgan fingerprint density at radius 3 is 2.21 bits per heavy atom. The van der Waals surface area contributed by atoms with Crippen LogP contribution in [0.25, 0.3) is 0 Å². The first-order chi connectivity index (χ1) is 13.8. The van der Waals surface area contributed by atoms with Crippen molar-refractivity contribution in [2.75, 3.05) is 13.1 Å². The van der Waals surface area contributed by atoms with E-state index >= 15 is 0 Å². The molecule has 0 aromatic heterocycles. The van der Waals surface area contributed by atoms with Crippen LogP contribution >= 0.6 is 0 Å². The van der Waals surface area contributed by atoms with Gasteiger partial charge < -0.3 is 0 Å². The maximum Gasteiger partial charge on any atom is 0.270 e. The minimum Gasteiger partial charge on any atom is -0.267 e. The van der Waals surface area contributed by atoms with E-state index in [0.29, 0.717) is 18.7 Å². The van der Waals surface area contributed by atoms with E-state index in [1.165, 1.54) is 28.6 Å². The molecule has 154 valence electrons. The molecular weight excluding hydrogens is 397 g/mol. The first-order valence-corrected chi connectivity index (χ1v) is 10.7. The summed E-state index contributed by atoms with van der Waals surface area (Å²) in [5, 5.41) is 0. The Morgan fingerprint density at radius 2 is 1.55 bits per heavy atom. The fourth-order valence-corrected chi connectivity index (χ4v) is 4.66. The highest BCUT2D eigenvalue weighted by molar-refractivity contribution is 7.89. The molecule has 2 N–H and O–H groups in total. The lowest BCUT2D eigenvalue weighted by atomic mass is 10.1. The number of amides is 2. The van der Waals surface area contributed by atoms with Crippen LogP contribution in [0.3, 0.4) is 0 Å². The van der Waals surface area contributed by atoms with Gasteiger partial charge in [0, 0.05) is 24.2 Å². The van der Waals surface area contributed by atoms with Gasteiger partial charge in [-0.2, -0.15) is 4.31 Å². The van der Waals surface area contributed by atoms with Crippen LogP contribution in [-0.4, -0.2) is 37.6 Å². The normalized spacial score (nSPS) is 15.0. The largest absolute Gasteiger partial charge is 0.270 e. The zero-order valence-corrected chi connectivity index (χ0v) is 16.8. The van der Waals surface area contributed by atoms with Crippen LogP contribution in [-0.2, 0) is 10.0 Å². The number of halogens is 1. The molecule has 0 spiro atoms. The molecule has 2 aromatic rings. The number of benzene rings is 2. The first-order valence-electron chi connectivity index (χ1n) is 9.26. The summed E-state index contributed by atoms with van der Waals surface area (Å²) in [5.74, 6) is -1.74. The van der Waals surface area contributed by atoms with E-state index in [0.717, 1.165) is 31.4 Å². The molecule has 1 heterocycles. The number of nitrogens with one attached hydrogen (secondary N) is 2. The molecule has 29 heavy (non-hydrogen) atoms. The Labute approximate surface area is 168 Å². The molecule has 0 aliphatic carbocycles. The molecule has 2 amide bonds. The van der Waals surface area contributed by atoms with E-state index in [2.05, 4.69) is 10.9 Å². The highest BCUT2D eigenvalue weighted by atomic mass is 32.2. The fourth-order valence-electron chi connectivity index (χ4n) is 3.11. The number of sulfonamides is 1. The molecule has 7 nitrogen and oxygen atoms in total. The summed E-state index contributed by atoms with van der Waals surface area (Å²) in [6, 6.07) is 9.20. The summed E-state index contributed by atoms with van der Waals surface area (Å²) >= 11 is 0. The van der Waals surface area contributed by atoms with Crippen molar-refractivity contribution in [3.05, 3.63) is 65.0 Å². The highest BCUT2D eigenvalue weighted by Crippen LogP contribution is 2.22. The molecule has 0 atom stereocenters. The van der Waals surface area contributed by atoms with Crippen molar-refractivity contribution in [1.82, 2.24) is 15.2 Å². The number of hydrazine groups is 1. The molecule has 0 unspecified atom stereocenters. The van der Waals surface area contributed by atoms with Crippen LogP contribution in [0.4, 0.5) is 4.39 Å². The molecule has 1 saturated heterocycles. The van der Waals surface area contributed by atoms with Gasteiger partial charge in [0.25, 0.3) is 11.8 Å². The SMILES string of the molecule is Cc1ccc(S(=O)(=O)N2CCCCC2)cc1C(=O)NNC(=O)c1ccc(F)cc1. The summed E-state index contributed by atoms with van der Waals surface area (Å²) in [6.45, 7) is 2.60. The average molecular weight is 419 g/mol. The van der Waals surface area contributed by atoms with Crippen LogP contribution in [0.5, 0.6) is 0 Å². The summed E-state index contributed by atoms with van der Waals surface area (Å²) in [7, 11) is -3.68. The number of carbonyl (C=O) groups is 2. The lowest BCUT2D eigenvalue weighted by Gasteiger charge is -2.26. The van der Waals surface area contributed by atoms with E-state index in [4.69, 9.17) is 0 Å². The van der Waals surface area contributed by atoms with Crippen molar-refractivity contribution in [2.24, 2.45) is 0 Å². The van der Waals surface area contributed by atoms with Crippen LogP contribution in [0.1, 0.15) is 45.5 Å². The monoisotopic (exact) mass is 419 g/mol. The number of hydrogen-bond donors (Lipinski definition) is 2. The van der Waals surface area contributed by atoms with Crippen molar-refractivity contribution < 1.29 is 22.4 Å². The zero-order chi connectivity index (χ0) is 21.0. The number of carbonyl (C=O) groups excluding carboxylic acids is 2. The molecule has 0 saturated carbocycles. The van der Waals surface area contributed by atoms with Gasteiger partial charge in [0.1, 0.15) is 5.82 Å². The predicted octanol–water partition coefficient (Wildman–Crippen LogP) is 2.38. The van der Waals surface area contributed by atoms with E-state index in [-0.39, 0.29) is 16.0 Å². The Balaban J connectivity index is 1.74. The first kappa shape index (κ1) is 20.9. The van der Waals surface area contributed by atoms with Gasteiger partial charge in [0.05, 0.1) is 4.90 Å². The molecule has 1 aliphatic rings. The van der Waals surface area contributed by atoms with E-state index in [9.17, 15) is 22.4 Å². The second-order valence-corrected chi connectivity index (χ2v) is 8.79. The third-order valence-corrected chi connectivity index (χ3v) is 6.70. The molecule has 2 aromatic carbocycles. The Hall–Kier alpha value is -2.78. The van der Waals surface area contributed by atoms with Gasteiger partial charge in [-0.1, -0.05) is 12.5 Å². The van der Waals surface area contributed by atoms with Gasteiger partial charge in [0.15, 0.2) is 0 Å². The van der Waals surface area contributed by atoms with Gasteiger partial charge >= 0.3 is 0 Å². The second kappa shape index (κ2) is 8.71. The number of aryl methyl sites for hydroxylation is 1. The smallest absolute Gasteiger partial charge is 0.267 e. The molecule has 0 radical (unpaired) electrons. The van der Waals surface area contributed by atoms with Crippen LogP contribution in [0.2, 0.25) is 0 Å². The Morgan fingerprint density at radius 1 is 0.931 bits per heavy atom. The average Bonchev–Trinajstić information content (AvgIpc) is 2.73. The third kappa shape index (κ3) is 4.80. The number of piperidine rings is 1. The molecule has 9 heteroatoms. The van der Waals surface area contributed by atoms with Gasteiger partial charge in [-0.05, 0) is 61.7 Å². The maximum atomic E-state index is 12.9. The quantitative estimate of drug-likeness (QED) is 0.744. The zero-order valence-electron chi connectivity index (χ0n) is 15.9. The van der Waals surface area contributed by atoms with Crippen molar-refractivity contribution in [3.8, 4) is 0 Å². The van der Waals surface area contributed by atoms with E-state index in [1.54, 1.807) is 13.0 Å². The summed E-state index contributed by atoms with van der Waals surface area (Å²) in [6.07, 6.45) is 2.63. The molecule has 1 fully saturated rings. The summed E-state index contributed by atoms with van der Waals surface area (Å²) in [5.41, 5.74) is 5.39. The standard InChI is InChI=1S/C20H22FN3O4S/c1-14-5-10-17(29(27,28)24-11-3-2-4-12-24)13-18(14)20(26)23-22-19(25)15-6-8-16(21)9-7-15/h5-10,13H,2-4,11-12H2,1H3,(H,22,25)(H,23,26). The number of hydrogen-bond acceptors (Lipinski definition) is 4. The van der Waals surface area contributed by atoms with E-state index < -0.39 is 27.7 Å². The predicted molar refractivity (Wildman–Crippen MR) is 105 cm³/mol. The van der Waals surface area contributed by atoms with Crippen LogP contribution in [0, 0.1) is 12.7 Å². The summed E-state index contributed by atoms with van der Waals surface area (Å²) in [4.78, 5) is 24.6. The highest BCUT2D eigenvalue weighted by Gasteiger charge is 2.27. The van der Waals surface area contributed by atoms with Crippen LogP contribution in [0.15, 0.2) is 47.4 Å². The van der Waals surface area contributed by atoms with Gasteiger partial charge in [-0.25, -0.2) is 12.8 Å². The fraction of sp³-hybridized carbons (Fsp3) is 0.300. The third-order valence-electron chi connectivity index (χ3n) is 4.80. The topological polar surface area (TPSA) is 95.6 Å². The lowest BCUT2D eigenvalue weighted by molar-refractivity contribution is 0.0846. The minimum absolute atomic E-state index is 0.0417. The molecule has 0 bridgehead atoms. The van der Waals surface area contributed by atoms with Gasteiger partial charge in [0.2, 0.25) is 10.0 Å². The van der Waals surface area contributed by atoms with Gasteiger partial charge in [-0.15, -0.1) is 0 Å². The van der Waals surface area contributed by atoms with Crippen molar-refractivity contribution in [2.45, 2.75) is 31.1 Å². The molecular formula is C20H22FN3O4S. The Kier molecular flexibility index (Phi) is 6.29. The maximum absolute atomic E-state index is 12.9. The van der Waals surface area contributed by atoms with Crippen molar-refractivity contribution in [1.29, 1.82) is 0 Å². The van der Waals surface area contributed by atoms with Crippen molar-refractivity contribution in [3.63, 3.8) is 0 Å². The summed E-state index contributed by atoms with van der Waals surface area (Å²) < 4.78 is 40.1. The van der Waals surface area contributed by atoms with Crippen molar-refractivity contribution >= 4 is 21.8 Å². The molecule has 3 rings (SSSR count). The van der Waals surface area contributed by atoms with E-state index in [1.807, 2.05) is 0 Å². The second-order valence-electron chi connectivity index (χ2n) is 6.86. The number of nitrogens with zero attached hydrogens (tertiary/aromatic N) is 1. The van der Waals surface area contributed by atoms with Crippen LogP contribution < -0.4 is 10.9 Å². The minimum atomic E-state index is -3.68. The van der Waals surface area contributed by atoms with Gasteiger partial charge in [-0.3, -0.25) is 20.4 Å². The molecule has 1 aliphatic heterocycles.